The van der Waals surface area contributed by atoms with Crippen molar-refractivity contribution < 1.29 is 22.3 Å². The highest BCUT2D eigenvalue weighted by Gasteiger charge is 2.33. The molecule has 0 bridgehead atoms. The summed E-state index contributed by atoms with van der Waals surface area (Å²) < 4.78 is 46.7. The summed E-state index contributed by atoms with van der Waals surface area (Å²) in [6.45, 7) is 3.52. The molecule has 0 radical (unpaired) electrons. The van der Waals surface area contributed by atoms with Crippen LogP contribution in [0.1, 0.15) is 19.8 Å². The summed E-state index contributed by atoms with van der Waals surface area (Å²) in [5.74, 6) is -1.17. The fraction of sp³-hybridized carbons (Fsp3) is 0.562. The van der Waals surface area contributed by atoms with E-state index in [1.165, 1.54) is 13.0 Å². The lowest BCUT2D eigenvalue weighted by Gasteiger charge is -2.37. The lowest BCUT2D eigenvalue weighted by Crippen LogP contribution is -2.47. The van der Waals surface area contributed by atoms with Crippen molar-refractivity contribution in [2.24, 2.45) is 5.41 Å². The molecular weight excluding hydrogens is 349 g/mol. The van der Waals surface area contributed by atoms with E-state index < -0.39 is 21.7 Å². The predicted octanol–water partition coefficient (Wildman–Crippen LogP) is 1.08. The summed E-state index contributed by atoms with van der Waals surface area (Å²) in [5.41, 5.74) is -0.433. The Hall–Kier alpha value is -1.55. The molecule has 1 aromatic carbocycles. The van der Waals surface area contributed by atoms with Crippen molar-refractivity contribution in [3.63, 3.8) is 0 Å². The fourth-order valence-corrected chi connectivity index (χ4v) is 4.11. The molecule has 1 aromatic rings. The van der Waals surface area contributed by atoms with Gasteiger partial charge in [0.05, 0.1) is 17.2 Å². The number of methoxy groups -OCH3 is 1. The number of hydrogen-bond donors (Lipinski definition) is 3. The Bertz CT molecular complexity index is 713. The van der Waals surface area contributed by atoms with Crippen molar-refractivity contribution in [3.05, 3.63) is 24.0 Å². The number of ether oxygens (including phenoxy) is 1. The standard InChI is InChI=1S/C16H24FN3O4S/c1-12(21)20-15-9-13(3-4-14(15)17)25(22,23)19-10-16(11-24-2)5-7-18-8-6-16/h3-4,9,18-19H,5-8,10-11H2,1-2H3,(H,20,21). The summed E-state index contributed by atoms with van der Waals surface area (Å²) in [7, 11) is -2.24. The van der Waals surface area contributed by atoms with Crippen LogP contribution in [0.15, 0.2) is 23.1 Å². The Morgan fingerprint density at radius 1 is 1.36 bits per heavy atom. The van der Waals surface area contributed by atoms with Crippen molar-refractivity contribution in [2.75, 3.05) is 38.7 Å². The fourth-order valence-electron chi connectivity index (χ4n) is 2.92. The van der Waals surface area contributed by atoms with Crippen LogP contribution < -0.4 is 15.4 Å². The minimum absolute atomic E-state index is 0.0980. The first-order chi connectivity index (χ1) is 11.8. The Balaban J connectivity index is 2.16. The third-order valence-corrected chi connectivity index (χ3v) is 5.71. The number of amides is 1. The third kappa shape index (κ3) is 5.21. The molecule has 0 unspecified atom stereocenters. The average Bonchev–Trinajstić information content (AvgIpc) is 2.56. The normalized spacial score (nSPS) is 17.2. The van der Waals surface area contributed by atoms with Crippen LogP contribution in [0.2, 0.25) is 0 Å². The maximum Gasteiger partial charge on any atom is 0.240 e. The number of rotatable bonds is 7. The van der Waals surface area contributed by atoms with Crippen LogP contribution in [0, 0.1) is 11.2 Å². The van der Waals surface area contributed by atoms with Gasteiger partial charge in [0.1, 0.15) is 5.82 Å². The first-order valence-electron chi connectivity index (χ1n) is 8.04. The van der Waals surface area contributed by atoms with Crippen molar-refractivity contribution in [1.82, 2.24) is 10.0 Å². The molecule has 0 saturated carbocycles. The lowest BCUT2D eigenvalue weighted by molar-refractivity contribution is -0.114. The minimum Gasteiger partial charge on any atom is -0.384 e. The number of piperidine rings is 1. The van der Waals surface area contributed by atoms with Gasteiger partial charge in [-0.1, -0.05) is 0 Å². The van der Waals surface area contributed by atoms with Gasteiger partial charge in [-0.15, -0.1) is 0 Å². The number of anilines is 1. The van der Waals surface area contributed by atoms with Crippen LogP contribution in [0.25, 0.3) is 0 Å². The molecule has 7 nitrogen and oxygen atoms in total. The van der Waals surface area contributed by atoms with E-state index in [2.05, 4.69) is 15.4 Å². The monoisotopic (exact) mass is 373 g/mol. The molecule has 3 N–H and O–H groups in total. The quantitative estimate of drug-likeness (QED) is 0.665. The largest absolute Gasteiger partial charge is 0.384 e. The Labute approximate surface area is 147 Å². The lowest BCUT2D eigenvalue weighted by atomic mass is 9.80. The maximum atomic E-state index is 13.7. The predicted molar refractivity (Wildman–Crippen MR) is 92.3 cm³/mol. The molecule has 0 aromatic heterocycles. The van der Waals surface area contributed by atoms with E-state index in [1.807, 2.05) is 0 Å². The molecule has 25 heavy (non-hydrogen) atoms. The Morgan fingerprint density at radius 2 is 2.04 bits per heavy atom. The van der Waals surface area contributed by atoms with Crippen molar-refractivity contribution in [3.8, 4) is 0 Å². The van der Waals surface area contributed by atoms with Gasteiger partial charge in [-0.05, 0) is 44.1 Å². The first kappa shape index (κ1) is 19.8. The van der Waals surface area contributed by atoms with Gasteiger partial charge in [0.25, 0.3) is 0 Å². The van der Waals surface area contributed by atoms with Crippen LogP contribution in [-0.4, -0.2) is 47.7 Å². The highest BCUT2D eigenvalue weighted by atomic mass is 32.2. The van der Waals surface area contributed by atoms with E-state index in [0.717, 1.165) is 38.1 Å². The molecule has 0 spiro atoms. The molecule has 1 aliphatic rings. The third-order valence-electron chi connectivity index (χ3n) is 4.31. The van der Waals surface area contributed by atoms with Gasteiger partial charge in [0.2, 0.25) is 15.9 Å². The number of hydrogen-bond acceptors (Lipinski definition) is 5. The second-order valence-corrected chi connectivity index (χ2v) is 8.10. The molecule has 1 heterocycles. The van der Waals surface area contributed by atoms with Gasteiger partial charge in [-0.3, -0.25) is 4.79 Å². The number of sulfonamides is 1. The summed E-state index contributed by atoms with van der Waals surface area (Å²) in [5, 5.41) is 5.53. The first-order valence-corrected chi connectivity index (χ1v) is 9.53. The highest BCUT2D eigenvalue weighted by Crippen LogP contribution is 2.29. The van der Waals surface area contributed by atoms with Crippen LogP contribution in [0.5, 0.6) is 0 Å². The summed E-state index contributed by atoms with van der Waals surface area (Å²) in [4.78, 5) is 11.0. The van der Waals surface area contributed by atoms with E-state index in [-0.39, 0.29) is 22.5 Å². The molecule has 1 aliphatic heterocycles. The molecule has 140 valence electrons. The average molecular weight is 373 g/mol. The van der Waals surface area contributed by atoms with E-state index in [4.69, 9.17) is 4.74 Å². The van der Waals surface area contributed by atoms with Crippen LogP contribution in [0.4, 0.5) is 10.1 Å². The molecule has 1 saturated heterocycles. The summed E-state index contributed by atoms with van der Waals surface area (Å²) in [6.07, 6.45) is 1.59. The van der Waals surface area contributed by atoms with E-state index in [9.17, 15) is 17.6 Å². The van der Waals surface area contributed by atoms with E-state index in [0.29, 0.717) is 6.61 Å². The zero-order valence-electron chi connectivity index (χ0n) is 14.4. The Kier molecular flexibility index (Phi) is 6.50. The summed E-state index contributed by atoms with van der Waals surface area (Å²) in [6, 6.07) is 3.31. The SMILES string of the molecule is COCC1(CNS(=O)(=O)c2ccc(F)c(NC(C)=O)c2)CCNCC1. The summed E-state index contributed by atoms with van der Waals surface area (Å²) >= 11 is 0. The van der Waals surface area contributed by atoms with Gasteiger partial charge in [0.15, 0.2) is 0 Å². The van der Waals surface area contributed by atoms with Crippen LogP contribution >= 0.6 is 0 Å². The topological polar surface area (TPSA) is 96.5 Å². The number of carbonyl (C=O) groups excluding carboxylic acids is 1. The maximum absolute atomic E-state index is 13.7. The number of carbonyl (C=O) groups is 1. The van der Waals surface area contributed by atoms with E-state index in [1.54, 1.807) is 7.11 Å². The van der Waals surface area contributed by atoms with Gasteiger partial charge < -0.3 is 15.4 Å². The second-order valence-electron chi connectivity index (χ2n) is 6.33. The smallest absolute Gasteiger partial charge is 0.240 e. The molecule has 2 rings (SSSR count). The minimum atomic E-state index is -3.84. The molecule has 1 fully saturated rings. The Morgan fingerprint density at radius 3 is 2.64 bits per heavy atom. The second kappa shape index (κ2) is 8.22. The zero-order valence-corrected chi connectivity index (χ0v) is 15.2. The molecule has 9 heteroatoms. The van der Waals surface area contributed by atoms with E-state index >= 15 is 0 Å². The highest BCUT2D eigenvalue weighted by molar-refractivity contribution is 7.89. The van der Waals surface area contributed by atoms with Gasteiger partial charge in [-0.25, -0.2) is 17.5 Å². The molecule has 1 amide bonds. The van der Waals surface area contributed by atoms with Crippen LogP contribution in [-0.2, 0) is 19.6 Å². The molecular formula is C16H24FN3O4S. The number of nitrogens with one attached hydrogen (secondary N) is 3. The van der Waals surface area contributed by atoms with Gasteiger partial charge >= 0.3 is 0 Å². The number of benzene rings is 1. The van der Waals surface area contributed by atoms with Crippen molar-refractivity contribution in [1.29, 1.82) is 0 Å². The molecule has 0 atom stereocenters. The van der Waals surface area contributed by atoms with Gasteiger partial charge in [-0.2, -0.15) is 0 Å². The zero-order chi connectivity index (χ0) is 18.5. The van der Waals surface area contributed by atoms with Crippen molar-refractivity contribution in [2.45, 2.75) is 24.7 Å². The van der Waals surface area contributed by atoms with Gasteiger partial charge in [0, 0.05) is 26.0 Å². The van der Waals surface area contributed by atoms with Crippen molar-refractivity contribution >= 4 is 21.6 Å². The molecule has 0 aliphatic carbocycles. The number of halogens is 1. The van der Waals surface area contributed by atoms with Crippen LogP contribution in [0.3, 0.4) is 0 Å².